The van der Waals surface area contributed by atoms with Crippen LogP contribution in [0.2, 0.25) is 0 Å². The van der Waals surface area contributed by atoms with Crippen molar-refractivity contribution in [2.45, 2.75) is 39.7 Å². The predicted molar refractivity (Wildman–Crippen MR) is 119 cm³/mol. The lowest BCUT2D eigenvalue weighted by Gasteiger charge is -2.21. The SMILES string of the molecule is Cc1cc(C(=O)Nc2cccc(C(=O)c3ccc4c(c3)NC(=O)C4)c2)nn1C(C)(C)C. The van der Waals surface area contributed by atoms with Crippen molar-refractivity contribution in [3.8, 4) is 0 Å². The van der Waals surface area contributed by atoms with Crippen LogP contribution in [0.15, 0.2) is 48.5 Å². The molecule has 2 heterocycles. The third kappa shape index (κ3) is 4.12. The van der Waals surface area contributed by atoms with Gasteiger partial charge in [0.25, 0.3) is 5.91 Å². The van der Waals surface area contributed by atoms with E-state index >= 15 is 0 Å². The molecule has 2 N–H and O–H groups in total. The fraction of sp³-hybridized carbons (Fsp3) is 0.250. The topological polar surface area (TPSA) is 93.1 Å². The first-order chi connectivity index (χ1) is 14.6. The Bertz CT molecular complexity index is 1220. The molecule has 4 rings (SSSR count). The normalized spacial score (nSPS) is 13.0. The first-order valence-electron chi connectivity index (χ1n) is 10.1. The van der Waals surface area contributed by atoms with E-state index in [4.69, 9.17) is 0 Å². The van der Waals surface area contributed by atoms with Gasteiger partial charge in [0.15, 0.2) is 11.5 Å². The van der Waals surface area contributed by atoms with Gasteiger partial charge < -0.3 is 10.6 Å². The van der Waals surface area contributed by atoms with Crippen molar-refractivity contribution in [3.05, 3.63) is 76.6 Å². The van der Waals surface area contributed by atoms with Crippen LogP contribution >= 0.6 is 0 Å². The Labute approximate surface area is 180 Å². The number of hydrogen-bond donors (Lipinski definition) is 2. The molecule has 0 unspecified atom stereocenters. The van der Waals surface area contributed by atoms with Crippen LogP contribution in [0, 0.1) is 6.92 Å². The number of carbonyl (C=O) groups excluding carboxylic acids is 3. The molecule has 7 nitrogen and oxygen atoms in total. The highest BCUT2D eigenvalue weighted by Crippen LogP contribution is 2.26. The van der Waals surface area contributed by atoms with Crippen molar-refractivity contribution in [3.63, 3.8) is 0 Å². The molecule has 2 aromatic carbocycles. The van der Waals surface area contributed by atoms with Gasteiger partial charge in [-0.1, -0.05) is 24.3 Å². The molecule has 0 aliphatic carbocycles. The minimum atomic E-state index is -0.337. The van der Waals surface area contributed by atoms with Gasteiger partial charge in [-0.2, -0.15) is 5.10 Å². The van der Waals surface area contributed by atoms with Gasteiger partial charge in [-0.15, -0.1) is 0 Å². The number of anilines is 2. The van der Waals surface area contributed by atoms with E-state index in [9.17, 15) is 14.4 Å². The van der Waals surface area contributed by atoms with Crippen molar-refractivity contribution in [2.75, 3.05) is 10.6 Å². The summed E-state index contributed by atoms with van der Waals surface area (Å²) in [6.07, 6.45) is 0.329. The quantitative estimate of drug-likeness (QED) is 0.631. The van der Waals surface area contributed by atoms with E-state index in [-0.39, 0.29) is 23.1 Å². The van der Waals surface area contributed by atoms with Crippen LogP contribution in [0.5, 0.6) is 0 Å². The number of rotatable bonds is 4. The fourth-order valence-corrected chi connectivity index (χ4v) is 3.72. The summed E-state index contributed by atoms with van der Waals surface area (Å²) in [6.45, 7) is 7.98. The highest BCUT2D eigenvalue weighted by Gasteiger charge is 2.22. The minimum Gasteiger partial charge on any atom is -0.326 e. The summed E-state index contributed by atoms with van der Waals surface area (Å²) in [4.78, 5) is 37.2. The van der Waals surface area contributed by atoms with Gasteiger partial charge in [0.2, 0.25) is 5.91 Å². The van der Waals surface area contributed by atoms with Gasteiger partial charge in [0.05, 0.1) is 12.0 Å². The van der Waals surface area contributed by atoms with Crippen LogP contribution in [0.4, 0.5) is 11.4 Å². The molecule has 1 aliphatic heterocycles. The van der Waals surface area contributed by atoms with Crippen molar-refractivity contribution in [1.82, 2.24) is 9.78 Å². The molecule has 3 aromatic rings. The van der Waals surface area contributed by atoms with Crippen LogP contribution in [0.3, 0.4) is 0 Å². The fourth-order valence-electron chi connectivity index (χ4n) is 3.72. The Morgan fingerprint density at radius 1 is 1.06 bits per heavy atom. The van der Waals surface area contributed by atoms with Crippen LogP contribution in [0.25, 0.3) is 0 Å². The Kier molecular flexibility index (Phi) is 4.97. The summed E-state index contributed by atoms with van der Waals surface area (Å²) in [5.41, 5.74) is 3.96. The molecule has 0 spiro atoms. The van der Waals surface area contributed by atoms with Crippen molar-refractivity contribution in [2.24, 2.45) is 0 Å². The molecule has 1 aliphatic rings. The molecule has 0 saturated heterocycles. The second-order valence-electron chi connectivity index (χ2n) is 8.71. The Balaban J connectivity index is 1.54. The average Bonchev–Trinajstić information content (AvgIpc) is 3.28. The molecule has 158 valence electrons. The molecular formula is C24H24N4O3. The van der Waals surface area contributed by atoms with Gasteiger partial charge >= 0.3 is 0 Å². The monoisotopic (exact) mass is 416 g/mol. The third-order valence-corrected chi connectivity index (χ3v) is 5.14. The smallest absolute Gasteiger partial charge is 0.276 e. The molecule has 0 saturated carbocycles. The first-order valence-corrected chi connectivity index (χ1v) is 10.1. The van der Waals surface area contributed by atoms with E-state index in [0.717, 1.165) is 11.3 Å². The minimum absolute atomic E-state index is 0.0755. The third-order valence-electron chi connectivity index (χ3n) is 5.14. The van der Waals surface area contributed by atoms with Crippen molar-refractivity contribution in [1.29, 1.82) is 0 Å². The highest BCUT2D eigenvalue weighted by atomic mass is 16.2. The lowest BCUT2D eigenvalue weighted by atomic mass is 10.0. The molecule has 2 amide bonds. The number of aryl methyl sites for hydroxylation is 1. The molecule has 0 atom stereocenters. The standard InChI is InChI=1S/C24H24N4O3/c1-14-10-20(27-28(14)24(2,3)4)23(31)25-18-7-5-6-16(11-18)22(30)17-9-8-15-13-21(29)26-19(15)12-17/h5-12H,13H2,1-4H3,(H,25,31)(H,26,29). The number of aromatic nitrogens is 2. The maximum absolute atomic E-state index is 13.0. The van der Waals surface area contributed by atoms with Crippen molar-refractivity contribution >= 4 is 29.0 Å². The van der Waals surface area contributed by atoms with E-state index < -0.39 is 0 Å². The Morgan fingerprint density at radius 3 is 2.52 bits per heavy atom. The molecule has 1 aromatic heterocycles. The van der Waals surface area contributed by atoms with Crippen LogP contribution < -0.4 is 10.6 Å². The van der Waals surface area contributed by atoms with E-state index in [1.165, 1.54) is 0 Å². The summed E-state index contributed by atoms with van der Waals surface area (Å²) >= 11 is 0. The van der Waals surface area contributed by atoms with Gasteiger partial charge in [-0.25, -0.2) is 0 Å². The Morgan fingerprint density at radius 2 is 1.81 bits per heavy atom. The summed E-state index contributed by atoms with van der Waals surface area (Å²) < 4.78 is 1.81. The van der Waals surface area contributed by atoms with Crippen LogP contribution in [0.1, 0.15) is 58.4 Å². The van der Waals surface area contributed by atoms with E-state index in [1.54, 1.807) is 48.5 Å². The zero-order valence-corrected chi connectivity index (χ0v) is 17.9. The van der Waals surface area contributed by atoms with Gasteiger partial charge in [0, 0.05) is 28.2 Å². The molecular weight excluding hydrogens is 392 g/mol. The van der Waals surface area contributed by atoms with Gasteiger partial charge in [-0.05, 0) is 57.5 Å². The summed E-state index contributed by atoms with van der Waals surface area (Å²) in [5.74, 6) is -0.600. The van der Waals surface area contributed by atoms with Gasteiger partial charge in [0.1, 0.15) is 0 Å². The number of benzene rings is 2. The lowest BCUT2D eigenvalue weighted by Crippen LogP contribution is -2.25. The first kappa shape index (κ1) is 20.5. The maximum Gasteiger partial charge on any atom is 0.276 e. The number of amides is 2. The van der Waals surface area contributed by atoms with E-state index in [2.05, 4.69) is 15.7 Å². The maximum atomic E-state index is 13.0. The number of ketones is 1. The second-order valence-corrected chi connectivity index (χ2v) is 8.71. The molecule has 7 heteroatoms. The predicted octanol–water partition coefficient (Wildman–Crippen LogP) is 3.92. The summed E-state index contributed by atoms with van der Waals surface area (Å²) in [6, 6.07) is 13.7. The second kappa shape index (κ2) is 7.50. The molecule has 0 radical (unpaired) electrons. The van der Waals surface area contributed by atoms with Crippen LogP contribution in [-0.4, -0.2) is 27.4 Å². The summed E-state index contributed by atoms with van der Waals surface area (Å²) in [5, 5.41) is 10.0. The zero-order chi connectivity index (χ0) is 22.3. The van der Waals surface area contributed by atoms with Crippen LogP contribution in [-0.2, 0) is 16.8 Å². The zero-order valence-electron chi connectivity index (χ0n) is 17.9. The summed E-state index contributed by atoms with van der Waals surface area (Å²) in [7, 11) is 0. The molecule has 0 bridgehead atoms. The molecule has 31 heavy (non-hydrogen) atoms. The highest BCUT2D eigenvalue weighted by molar-refractivity contribution is 6.11. The average molecular weight is 416 g/mol. The number of fused-ring (bicyclic) bond motifs is 1. The van der Waals surface area contributed by atoms with Gasteiger partial charge in [-0.3, -0.25) is 19.1 Å². The number of nitrogens with one attached hydrogen (secondary N) is 2. The molecule has 0 fully saturated rings. The van der Waals surface area contributed by atoms with E-state index in [0.29, 0.717) is 34.6 Å². The Hall–Kier alpha value is -3.74. The van der Waals surface area contributed by atoms with E-state index in [1.807, 2.05) is 32.4 Å². The number of nitrogens with zero attached hydrogens (tertiary/aromatic N) is 2. The number of carbonyl (C=O) groups is 3. The largest absolute Gasteiger partial charge is 0.326 e. The lowest BCUT2D eigenvalue weighted by molar-refractivity contribution is -0.115. The van der Waals surface area contributed by atoms with Crippen molar-refractivity contribution < 1.29 is 14.4 Å². The number of hydrogen-bond acceptors (Lipinski definition) is 4.